The largest absolute Gasteiger partial charge is 0.322 e. The lowest BCUT2D eigenvalue weighted by molar-refractivity contribution is 0.102. The van der Waals surface area contributed by atoms with E-state index >= 15 is 0 Å². The third-order valence-electron chi connectivity index (χ3n) is 7.29. The fraction of sp³-hybridized carbons (Fsp3) is 0.519. The first-order valence-corrected chi connectivity index (χ1v) is 14.0. The molecule has 0 atom stereocenters. The number of piperidine rings is 1. The highest BCUT2D eigenvalue weighted by atomic mass is 32.2. The number of aryl methyl sites for hydroxylation is 1. The van der Waals surface area contributed by atoms with E-state index in [-0.39, 0.29) is 10.8 Å². The first-order chi connectivity index (χ1) is 16.4. The van der Waals surface area contributed by atoms with E-state index in [1.807, 2.05) is 25.1 Å². The second kappa shape index (κ2) is 11.0. The first kappa shape index (κ1) is 24.9. The van der Waals surface area contributed by atoms with Gasteiger partial charge in [-0.05, 0) is 69.0 Å². The quantitative estimate of drug-likeness (QED) is 0.589. The van der Waals surface area contributed by atoms with Crippen molar-refractivity contribution >= 4 is 21.6 Å². The van der Waals surface area contributed by atoms with Crippen LogP contribution in [0.4, 0.5) is 5.69 Å². The molecule has 1 saturated carbocycles. The summed E-state index contributed by atoms with van der Waals surface area (Å²) in [5, 5.41) is 3.06. The zero-order valence-electron chi connectivity index (χ0n) is 20.4. The van der Waals surface area contributed by atoms with Crippen LogP contribution in [0.5, 0.6) is 0 Å². The zero-order valence-corrected chi connectivity index (χ0v) is 21.2. The molecule has 2 fully saturated rings. The van der Waals surface area contributed by atoms with Gasteiger partial charge in [-0.2, -0.15) is 4.31 Å². The molecule has 1 heterocycles. The van der Waals surface area contributed by atoms with Gasteiger partial charge in [-0.15, -0.1) is 0 Å². The molecule has 1 aliphatic carbocycles. The van der Waals surface area contributed by atoms with Gasteiger partial charge < -0.3 is 5.32 Å². The number of anilines is 1. The summed E-state index contributed by atoms with van der Waals surface area (Å²) in [6.07, 6.45) is 9.15. The van der Waals surface area contributed by atoms with Crippen molar-refractivity contribution in [3.63, 3.8) is 0 Å². The van der Waals surface area contributed by atoms with Crippen LogP contribution in [0.3, 0.4) is 0 Å². The Hall–Kier alpha value is -2.22. The molecule has 0 bridgehead atoms. The van der Waals surface area contributed by atoms with Crippen molar-refractivity contribution in [2.24, 2.45) is 0 Å². The molecular formula is C27H37N3O3S. The summed E-state index contributed by atoms with van der Waals surface area (Å²) in [4.78, 5) is 15.9. The Morgan fingerprint density at radius 1 is 1.00 bits per heavy atom. The summed E-state index contributed by atoms with van der Waals surface area (Å²) in [6, 6.07) is 13.4. The van der Waals surface area contributed by atoms with Crippen LogP contribution in [-0.4, -0.2) is 49.7 Å². The number of para-hydroxylation sites is 1. The van der Waals surface area contributed by atoms with Crippen molar-refractivity contribution in [3.8, 4) is 0 Å². The number of benzene rings is 2. The molecule has 1 amide bonds. The fourth-order valence-corrected chi connectivity index (χ4v) is 6.69. The number of nitrogens with one attached hydrogen (secondary N) is 1. The minimum atomic E-state index is -3.60. The normalized spacial score (nSPS) is 18.2. The second-order valence-corrected chi connectivity index (χ2v) is 11.7. The molecular weight excluding hydrogens is 446 g/mol. The Morgan fingerprint density at radius 3 is 2.41 bits per heavy atom. The van der Waals surface area contributed by atoms with Crippen LogP contribution < -0.4 is 5.32 Å². The van der Waals surface area contributed by atoms with Crippen molar-refractivity contribution in [2.45, 2.75) is 75.8 Å². The van der Waals surface area contributed by atoms with Crippen LogP contribution in [0.15, 0.2) is 47.4 Å². The lowest BCUT2D eigenvalue weighted by Gasteiger charge is -2.31. The Labute approximate surface area is 204 Å². The summed E-state index contributed by atoms with van der Waals surface area (Å²) in [5.41, 5.74) is 3.00. The monoisotopic (exact) mass is 483 g/mol. The SMILES string of the molecule is Cc1ccc(S(=O)(=O)N2CCCCC2)cc1C(=O)Nc1ccccc1CN(C)C1CCCCC1. The Bertz CT molecular complexity index is 1100. The lowest BCUT2D eigenvalue weighted by Crippen LogP contribution is -2.35. The van der Waals surface area contributed by atoms with Gasteiger partial charge in [0, 0.05) is 36.9 Å². The maximum absolute atomic E-state index is 13.3. The summed E-state index contributed by atoms with van der Waals surface area (Å²) in [7, 11) is -1.44. The van der Waals surface area contributed by atoms with Crippen molar-refractivity contribution in [1.29, 1.82) is 0 Å². The van der Waals surface area contributed by atoms with Gasteiger partial charge in [0.15, 0.2) is 0 Å². The molecule has 0 unspecified atom stereocenters. The molecule has 184 valence electrons. The second-order valence-electron chi connectivity index (χ2n) is 9.76. The molecule has 0 radical (unpaired) electrons. The number of hydrogen-bond acceptors (Lipinski definition) is 4. The highest BCUT2D eigenvalue weighted by Crippen LogP contribution is 2.26. The van der Waals surface area contributed by atoms with E-state index in [4.69, 9.17) is 0 Å². The molecule has 34 heavy (non-hydrogen) atoms. The van der Waals surface area contributed by atoms with Gasteiger partial charge in [0.1, 0.15) is 0 Å². The molecule has 7 heteroatoms. The van der Waals surface area contributed by atoms with Gasteiger partial charge in [-0.1, -0.05) is 49.9 Å². The number of sulfonamides is 1. The molecule has 1 aliphatic heterocycles. The minimum absolute atomic E-state index is 0.190. The van der Waals surface area contributed by atoms with Crippen molar-refractivity contribution in [2.75, 3.05) is 25.5 Å². The summed E-state index contributed by atoms with van der Waals surface area (Å²) in [5.74, 6) is -0.277. The van der Waals surface area contributed by atoms with E-state index in [0.717, 1.165) is 42.6 Å². The number of carbonyl (C=O) groups excluding carboxylic acids is 1. The van der Waals surface area contributed by atoms with Crippen LogP contribution in [0, 0.1) is 6.92 Å². The van der Waals surface area contributed by atoms with Crippen LogP contribution in [0.2, 0.25) is 0 Å². The van der Waals surface area contributed by atoms with Crippen LogP contribution in [-0.2, 0) is 16.6 Å². The van der Waals surface area contributed by atoms with Crippen LogP contribution >= 0.6 is 0 Å². The van der Waals surface area contributed by atoms with E-state index in [2.05, 4.69) is 23.3 Å². The molecule has 0 spiro atoms. The van der Waals surface area contributed by atoms with Crippen LogP contribution in [0.25, 0.3) is 0 Å². The van der Waals surface area contributed by atoms with E-state index in [0.29, 0.717) is 24.7 Å². The van der Waals surface area contributed by atoms with Crippen molar-refractivity contribution in [1.82, 2.24) is 9.21 Å². The number of carbonyl (C=O) groups is 1. The average molecular weight is 484 g/mol. The smallest absolute Gasteiger partial charge is 0.255 e. The number of amides is 1. The van der Waals surface area contributed by atoms with E-state index in [9.17, 15) is 13.2 Å². The maximum atomic E-state index is 13.3. The molecule has 2 aromatic carbocycles. The van der Waals surface area contributed by atoms with Crippen molar-refractivity contribution < 1.29 is 13.2 Å². The summed E-state index contributed by atoms with van der Waals surface area (Å²) >= 11 is 0. The van der Waals surface area contributed by atoms with Crippen molar-refractivity contribution in [3.05, 3.63) is 59.2 Å². The van der Waals surface area contributed by atoms with E-state index in [1.54, 1.807) is 16.4 Å². The van der Waals surface area contributed by atoms with Crippen LogP contribution in [0.1, 0.15) is 72.9 Å². The maximum Gasteiger partial charge on any atom is 0.255 e. The molecule has 1 N–H and O–H groups in total. The molecule has 2 aromatic rings. The molecule has 0 aromatic heterocycles. The van der Waals surface area contributed by atoms with Gasteiger partial charge in [-0.3, -0.25) is 9.69 Å². The molecule has 2 aliphatic rings. The fourth-order valence-electron chi connectivity index (χ4n) is 5.15. The van der Waals surface area contributed by atoms with Gasteiger partial charge in [0.25, 0.3) is 5.91 Å². The predicted molar refractivity (Wildman–Crippen MR) is 137 cm³/mol. The summed E-state index contributed by atoms with van der Waals surface area (Å²) < 4.78 is 27.8. The Morgan fingerprint density at radius 2 is 1.68 bits per heavy atom. The summed E-state index contributed by atoms with van der Waals surface area (Å²) in [6.45, 7) is 3.69. The number of hydrogen-bond donors (Lipinski definition) is 1. The minimum Gasteiger partial charge on any atom is -0.322 e. The van der Waals surface area contributed by atoms with Gasteiger partial charge in [0.05, 0.1) is 4.90 Å². The number of nitrogens with zero attached hydrogens (tertiary/aromatic N) is 2. The standard InChI is InChI=1S/C27H37N3O3S/c1-21-15-16-24(34(32,33)30-17-9-4-10-18-30)19-25(21)27(31)28-26-14-8-7-11-22(26)20-29(2)23-12-5-3-6-13-23/h7-8,11,14-16,19,23H,3-6,9-10,12-13,17-18,20H2,1-2H3,(H,28,31). The first-order valence-electron chi connectivity index (χ1n) is 12.6. The lowest BCUT2D eigenvalue weighted by atomic mass is 9.94. The topological polar surface area (TPSA) is 69.7 Å². The Kier molecular flexibility index (Phi) is 8.06. The molecule has 1 saturated heterocycles. The Balaban J connectivity index is 1.52. The zero-order chi connectivity index (χ0) is 24.1. The third kappa shape index (κ3) is 5.70. The van der Waals surface area contributed by atoms with E-state index < -0.39 is 10.0 Å². The van der Waals surface area contributed by atoms with E-state index in [1.165, 1.54) is 38.2 Å². The van der Waals surface area contributed by atoms with Gasteiger partial charge in [0.2, 0.25) is 10.0 Å². The average Bonchev–Trinajstić information content (AvgIpc) is 2.86. The third-order valence-corrected chi connectivity index (χ3v) is 9.18. The highest BCUT2D eigenvalue weighted by Gasteiger charge is 2.27. The van der Waals surface area contributed by atoms with Gasteiger partial charge in [-0.25, -0.2) is 8.42 Å². The highest BCUT2D eigenvalue weighted by molar-refractivity contribution is 7.89. The van der Waals surface area contributed by atoms with Gasteiger partial charge >= 0.3 is 0 Å². The molecule has 4 rings (SSSR count). The predicted octanol–water partition coefficient (Wildman–Crippen LogP) is 5.19. The molecule has 6 nitrogen and oxygen atoms in total. The number of rotatable bonds is 7.